The molecule has 0 radical (unpaired) electrons. The monoisotopic (exact) mass is 451 g/mol. The lowest BCUT2D eigenvalue weighted by atomic mass is 10.1. The first-order chi connectivity index (χ1) is 16.7. The van der Waals surface area contributed by atoms with Gasteiger partial charge in [-0.05, 0) is 60.2 Å². The number of rotatable bonds is 8. The van der Waals surface area contributed by atoms with Crippen molar-refractivity contribution >= 4 is 29.2 Å². The number of hydrazone groups is 1. The molecule has 0 atom stereocenters. The average molecular weight is 452 g/mol. The first-order valence-corrected chi connectivity index (χ1v) is 10.8. The van der Waals surface area contributed by atoms with Gasteiger partial charge >= 0.3 is 0 Å². The summed E-state index contributed by atoms with van der Waals surface area (Å²) in [7, 11) is 3.07. The minimum absolute atomic E-state index is 0.340. The molecule has 0 bridgehead atoms. The van der Waals surface area contributed by atoms with Crippen molar-refractivity contribution < 1.29 is 14.3 Å². The third-order valence-corrected chi connectivity index (χ3v) is 5.21. The van der Waals surface area contributed by atoms with Gasteiger partial charge < -0.3 is 14.4 Å². The molecule has 4 rings (SSSR count). The predicted octanol–water partition coefficient (Wildman–Crippen LogP) is 5.94. The Balaban J connectivity index is 1.48. The van der Waals surface area contributed by atoms with Gasteiger partial charge in [-0.1, -0.05) is 48.5 Å². The number of carbonyl (C=O) groups excluding carboxylic acids is 1. The van der Waals surface area contributed by atoms with Crippen LogP contribution in [-0.2, 0) is 0 Å². The molecule has 4 aromatic rings. The first kappa shape index (κ1) is 22.6. The fourth-order valence-corrected chi connectivity index (χ4v) is 3.52. The molecule has 0 fully saturated rings. The molecule has 0 aromatic heterocycles. The van der Waals surface area contributed by atoms with Gasteiger partial charge in [-0.2, -0.15) is 5.10 Å². The number of carbonyl (C=O) groups is 1. The van der Waals surface area contributed by atoms with Crippen LogP contribution in [0.15, 0.2) is 108 Å². The van der Waals surface area contributed by atoms with Crippen molar-refractivity contribution in [2.24, 2.45) is 5.10 Å². The molecular formula is C28H25N3O3. The maximum absolute atomic E-state index is 12.4. The van der Waals surface area contributed by atoms with Gasteiger partial charge in [-0.15, -0.1) is 0 Å². The van der Waals surface area contributed by atoms with E-state index >= 15 is 0 Å². The number of anilines is 3. The van der Waals surface area contributed by atoms with E-state index in [4.69, 9.17) is 9.47 Å². The Labute approximate surface area is 199 Å². The van der Waals surface area contributed by atoms with Crippen LogP contribution < -0.4 is 19.8 Å². The minimum Gasteiger partial charge on any atom is -0.493 e. The molecule has 170 valence electrons. The van der Waals surface area contributed by atoms with Crippen LogP contribution in [-0.4, -0.2) is 26.3 Å². The van der Waals surface area contributed by atoms with E-state index in [1.807, 2.05) is 60.7 Å². The Morgan fingerprint density at radius 2 is 1.29 bits per heavy atom. The van der Waals surface area contributed by atoms with Crippen LogP contribution in [0, 0.1) is 0 Å². The molecule has 6 heteroatoms. The standard InChI is InChI=1S/C28H25N3O3/c1-33-26-18-15-22(19-27(26)34-2)28(32)30-29-20-21-13-16-25(17-14-21)31(23-9-5-3-6-10-23)24-11-7-4-8-12-24/h3-20H,1-2H3,(H,30,32)/b29-20-. The topological polar surface area (TPSA) is 63.2 Å². The number of ether oxygens (including phenoxy) is 2. The van der Waals surface area contributed by atoms with Gasteiger partial charge in [0.1, 0.15) is 0 Å². The molecule has 0 saturated carbocycles. The Kier molecular flexibility index (Phi) is 7.20. The highest BCUT2D eigenvalue weighted by Gasteiger charge is 2.12. The summed E-state index contributed by atoms with van der Waals surface area (Å²) in [6.07, 6.45) is 1.61. The van der Waals surface area contributed by atoms with Gasteiger partial charge in [0.15, 0.2) is 11.5 Å². The number of methoxy groups -OCH3 is 2. The summed E-state index contributed by atoms with van der Waals surface area (Å²) >= 11 is 0. The molecule has 1 N–H and O–H groups in total. The van der Waals surface area contributed by atoms with Crippen LogP contribution in [0.2, 0.25) is 0 Å². The molecule has 0 aliphatic rings. The highest BCUT2D eigenvalue weighted by Crippen LogP contribution is 2.34. The van der Waals surface area contributed by atoms with E-state index in [0.717, 1.165) is 22.6 Å². The van der Waals surface area contributed by atoms with Gasteiger partial charge in [0.2, 0.25) is 0 Å². The third kappa shape index (κ3) is 5.24. The van der Waals surface area contributed by atoms with Crippen LogP contribution in [0.3, 0.4) is 0 Å². The summed E-state index contributed by atoms with van der Waals surface area (Å²) < 4.78 is 10.5. The summed E-state index contributed by atoms with van der Waals surface area (Å²) in [6, 6.07) is 33.3. The highest BCUT2D eigenvalue weighted by molar-refractivity contribution is 5.95. The van der Waals surface area contributed by atoms with Crippen LogP contribution in [0.25, 0.3) is 0 Å². The van der Waals surface area contributed by atoms with Gasteiger partial charge in [0.05, 0.1) is 20.4 Å². The SMILES string of the molecule is COc1ccc(C(=O)N/N=C\c2ccc(N(c3ccccc3)c3ccccc3)cc2)cc1OC. The van der Waals surface area contributed by atoms with Crippen molar-refractivity contribution in [3.8, 4) is 11.5 Å². The molecular weight excluding hydrogens is 426 g/mol. The molecule has 1 amide bonds. The molecule has 0 spiro atoms. The van der Waals surface area contributed by atoms with Crippen molar-refractivity contribution in [1.82, 2.24) is 5.43 Å². The second-order valence-electron chi connectivity index (χ2n) is 7.37. The van der Waals surface area contributed by atoms with E-state index in [2.05, 4.69) is 39.7 Å². The molecule has 0 aliphatic carbocycles. The third-order valence-electron chi connectivity index (χ3n) is 5.21. The summed E-state index contributed by atoms with van der Waals surface area (Å²) in [5.41, 5.74) is 6.98. The van der Waals surface area contributed by atoms with Gasteiger partial charge in [-0.3, -0.25) is 4.79 Å². The summed E-state index contributed by atoms with van der Waals surface area (Å²) in [4.78, 5) is 14.6. The lowest BCUT2D eigenvalue weighted by molar-refractivity contribution is 0.0954. The Hall–Kier alpha value is -4.58. The Bertz CT molecular complexity index is 1220. The maximum Gasteiger partial charge on any atom is 0.271 e. The quantitative estimate of drug-likeness (QED) is 0.266. The van der Waals surface area contributed by atoms with Crippen molar-refractivity contribution in [2.45, 2.75) is 0 Å². The smallest absolute Gasteiger partial charge is 0.271 e. The van der Waals surface area contributed by atoms with Crippen molar-refractivity contribution in [3.05, 3.63) is 114 Å². The van der Waals surface area contributed by atoms with E-state index in [9.17, 15) is 4.79 Å². The van der Waals surface area contributed by atoms with Gasteiger partial charge in [-0.25, -0.2) is 5.43 Å². The fourth-order valence-electron chi connectivity index (χ4n) is 3.52. The van der Waals surface area contributed by atoms with Gasteiger partial charge in [0, 0.05) is 22.6 Å². The number of nitrogens with zero attached hydrogens (tertiary/aromatic N) is 2. The molecule has 4 aromatic carbocycles. The van der Waals surface area contributed by atoms with Crippen LogP contribution in [0.5, 0.6) is 11.5 Å². The van der Waals surface area contributed by atoms with E-state index in [1.54, 1.807) is 31.5 Å². The van der Waals surface area contributed by atoms with E-state index < -0.39 is 0 Å². The maximum atomic E-state index is 12.4. The van der Waals surface area contributed by atoms with E-state index in [-0.39, 0.29) is 5.91 Å². The Morgan fingerprint density at radius 1 is 0.735 bits per heavy atom. The molecule has 0 heterocycles. The molecule has 0 aliphatic heterocycles. The number of nitrogens with one attached hydrogen (secondary N) is 1. The lowest BCUT2D eigenvalue weighted by Crippen LogP contribution is -2.17. The molecule has 0 saturated heterocycles. The zero-order valence-corrected chi connectivity index (χ0v) is 19.0. The van der Waals surface area contributed by atoms with E-state index in [1.165, 1.54) is 7.11 Å². The fraction of sp³-hybridized carbons (Fsp3) is 0.0714. The van der Waals surface area contributed by atoms with Crippen LogP contribution >= 0.6 is 0 Å². The number of para-hydroxylation sites is 2. The number of amides is 1. The normalized spacial score (nSPS) is 10.6. The van der Waals surface area contributed by atoms with Crippen LogP contribution in [0.4, 0.5) is 17.1 Å². The summed E-state index contributed by atoms with van der Waals surface area (Å²) in [5, 5.41) is 4.10. The zero-order chi connectivity index (χ0) is 23.8. The number of benzene rings is 4. The van der Waals surface area contributed by atoms with Crippen molar-refractivity contribution in [2.75, 3.05) is 19.1 Å². The second kappa shape index (κ2) is 10.8. The largest absolute Gasteiger partial charge is 0.493 e. The molecule has 0 unspecified atom stereocenters. The number of hydrogen-bond donors (Lipinski definition) is 1. The molecule has 34 heavy (non-hydrogen) atoms. The first-order valence-electron chi connectivity index (χ1n) is 10.8. The van der Waals surface area contributed by atoms with Crippen molar-refractivity contribution in [1.29, 1.82) is 0 Å². The zero-order valence-electron chi connectivity index (χ0n) is 19.0. The second-order valence-corrected chi connectivity index (χ2v) is 7.37. The molecule has 6 nitrogen and oxygen atoms in total. The van der Waals surface area contributed by atoms with Crippen molar-refractivity contribution in [3.63, 3.8) is 0 Å². The van der Waals surface area contributed by atoms with E-state index in [0.29, 0.717) is 17.1 Å². The van der Waals surface area contributed by atoms with Crippen LogP contribution in [0.1, 0.15) is 15.9 Å². The summed E-state index contributed by atoms with van der Waals surface area (Å²) in [5.74, 6) is 0.701. The van der Waals surface area contributed by atoms with Gasteiger partial charge in [0.25, 0.3) is 5.91 Å². The Morgan fingerprint density at radius 3 is 1.85 bits per heavy atom. The lowest BCUT2D eigenvalue weighted by Gasteiger charge is -2.25. The summed E-state index contributed by atoms with van der Waals surface area (Å²) in [6.45, 7) is 0. The number of hydrogen-bond acceptors (Lipinski definition) is 5. The highest BCUT2D eigenvalue weighted by atomic mass is 16.5. The predicted molar refractivity (Wildman–Crippen MR) is 136 cm³/mol. The average Bonchev–Trinajstić information content (AvgIpc) is 2.90. The minimum atomic E-state index is -0.340.